The number of carbonyl (C=O) groups is 1. The van der Waals surface area contributed by atoms with Gasteiger partial charge >= 0.3 is 0 Å². The molecule has 1 unspecified atom stereocenters. The summed E-state index contributed by atoms with van der Waals surface area (Å²) in [6.07, 6.45) is 0.973. The van der Waals surface area contributed by atoms with E-state index in [4.69, 9.17) is 23.2 Å². The second-order valence-corrected chi connectivity index (χ2v) is 8.34. The molecule has 1 fully saturated rings. The van der Waals surface area contributed by atoms with E-state index in [0.717, 1.165) is 36.5 Å². The molecule has 1 aliphatic heterocycles. The fraction of sp³-hybridized carbons (Fsp3) is 0.273. The van der Waals surface area contributed by atoms with Crippen molar-refractivity contribution in [2.24, 2.45) is 0 Å². The maximum absolute atomic E-state index is 13.1. The lowest BCUT2D eigenvalue weighted by Gasteiger charge is -2.19. The first-order valence-electron chi connectivity index (χ1n) is 9.50. The number of rotatable bonds is 4. The van der Waals surface area contributed by atoms with E-state index in [9.17, 15) is 4.79 Å². The van der Waals surface area contributed by atoms with Gasteiger partial charge in [-0.25, -0.2) is 4.68 Å². The van der Waals surface area contributed by atoms with Gasteiger partial charge in [-0.2, -0.15) is 5.10 Å². The molecule has 0 saturated carbocycles. The Morgan fingerprint density at radius 2 is 1.66 bits per heavy atom. The first-order chi connectivity index (χ1) is 13.9. The number of amides is 1. The van der Waals surface area contributed by atoms with Crippen LogP contribution in [0.3, 0.4) is 0 Å². The lowest BCUT2D eigenvalue weighted by Crippen LogP contribution is -2.34. The summed E-state index contributed by atoms with van der Waals surface area (Å²) in [4.78, 5) is 17.2. The second kappa shape index (κ2) is 8.19. The third-order valence-electron chi connectivity index (χ3n) is 5.32. The zero-order valence-corrected chi connectivity index (χ0v) is 17.9. The van der Waals surface area contributed by atoms with Crippen molar-refractivity contribution in [2.45, 2.75) is 12.5 Å². The number of nitrogens with zero attached hydrogens (tertiary/aromatic N) is 4. The molecule has 1 atom stereocenters. The molecule has 0 N–H and O–H groups in total. The van der Waals surface area contributed by atoms with Crippen molar-refractivity contribution < 1.29 is 4.79 Å². The van der Waals surface area contributed by atoms with E-state index in [1.165, 1.54) is 0 Å². The molecule has 3 aromatic rings. The molecule has 1 aromatic heterocycles. The predicted molar refractivity (Wildman–Crippen MR) is 117 cm³/mol. The van der Waals surface area contributed by atoms with Crippen molar-refractivity contribution in [3.8, 4) is 16.9 Å². The number of aromatic nitrogens is 2. The minimum atomic E-state index is -0.0442. The summed E-state index contributed by atoms with van der Waals surface area (Å²) in [5, 5.41) is 5.97. The van der Waals surface area contributed by atoms with Crippen molar-refractivity contribution in [1.82, 2.24) is 19.6 Å². The van der Waals surface area contributed by atoms with Gasteiger partial charge in [-0.3, -0.25) is 4.79 Å². The Labute approximate surface area is 180 Å². The Morgan fingerprint density at radius 3 is 2.24 bits per heavy atom. The van der Waals surface area contributed by atoms with Crippen molar-refractivity contribution in [3.63, 3.8) is 0 Å². The van der Waals surface area contributed by atoms with Crippen LogP contribution in [-0.2, 0) is 0 Å². The van der Waals surface area contributed by atoms with E-state index >= 15 is 0 Å². The van der Waals surface area contributed by atoms with E-state index in [-0.39, 0.29) is 5.91 Å². The van der Waals surface area contributed by atoms with Crippen LogP contribution in [0.1, 0.15) is 16.9 Å². The van der Waals surface area contributed by atoms with E-state index < -0.39 is 0 Å². The average molecular weight is 429 g/mol. The van der Waals surface area contributed by atoms with Gasteiger partial charge in [-0.15, -0.1) is 0 Å². The van der Waals surface area contributed by atoms with Gasteiger partial charge in [-0.1, -0.05) is 35.3 Å². The molecule has 1 amide bonds. The van der Waals surface area contributed by atoms with Gasteiger partial charge in [0.15, 0.2) is 5.69 Å². The summed E-state index contributed by atoms with van der Waals surface area (Å²) in [5.74, 6) is -0.0442. The number of hydrogen-bond donors (Lipinski definition) is 0. The molecule has 1 aliphatic rings. The average Bonchev–Trinajstić information content (AvgIpc) is 3.37. The van der Waals surface area contributed by atoms with Crippen LogP contribution in [0, 0.1) is 0 Å². The van der Waals surface area contributed by atoms with Gasteiger partial charge in [0, 0.05) is 34.7 Å². The molecule has 5 nitrogen and oxygen atoms in total. The highest BCUT2D eigenvalue weighted by Gasteiger charge is 2.30. The lowest BCUT2D eigenvalue weighted by atomic mass is 10.1. The number of benzene rings is 2. The first kappa shape index (κ1) is 20.0. The second-order valence-electron chi connectivity index (χ2n) is 7.47. The van der Waals surface area contributed by atoms with Gasteiger partial charge in [0.2, 0.25) is 0 Å². The topological polar surface area (TPSA) is 41.4 Å². The van der Waals surface area contributed by atoms with E-state index in [2.05, 4.69) is 10.00 Å². The molecule has 150 valence electrons. The maximum atomic E-state index is 13.1. The van der Waals surface area contributed by atoms with Crippen LogP contribution in [0.5, 0.6) is 0 Å². The van der Waals surface area contributed by atoms with Crippen molar-refractivity contribution >= 4 is 29.1 Å². The van der Waals surface area contributed by atoms with Crippen molar-refractivity contribution in [2.75, 3.05) is 27.2 Å². The summed E-state index contributed by atoms with van der Waals surface area (Å²) in [5.41, 5.74) is 3.04. The fourth-order valence-electron chi connectivity index (χ4n) is 3.60. The Balaban J connectivity index is 1.72. The minimum absolute atomic E-state index is 0.0442. The van der Waals surface area contributed by atoms with Crippen LogP contribution in [0.15, 0.2) is 54.6 Å². The summed E-state index contributed by atoms with van der Waals surface area (Å²) in [6.45, 7) is 1.46. The molecular formula is C22H22Cl2N4O. The minimum Gasteiger partial charge on any atom is -0.336 e. The molecule has 0 aliphatic carbocycles. The SMILES string of the molecule is CN(C)C1CCN(C(=O)c2cc(-c3ccc(Cl)cc3)n(-c3ccc(Cl)cc3)n2)C1. The molecule has 29 heavy (non-hydrogen) atoms. The Kier molecular flexibility index (Phi) is 5.63. The molecule has 2 aromatic carbocycles. The molecule has 0 radical (unpaired) electrons. The van der Waals surface area contributed by atoms with E-state index in [1.807, 2.05) is 73.6 Å². The van der Waals surface area contributed by atoms with Crippen molar-refractivity contribution in [3.05, 3.63) is 70.3 Å². The lowest BCUT2D eigenvalue weighted by molar-refractivity contribution is 0.0777. The van der Waals surface area contributed by atoms with E-state index in [1.54, 1.807) is 4.68 Å². The summed E-state index contributed by atoms with van der Waals surface area (Å²) < 4.78 is 1.78. The smallest absolute Gasteiger partial charge is 0.274 e. The van der Waals surface area contributed by atoms with Crippen LogP contribution in [0.4, 0.5) is 0 Å². The molecule has 2 heterocycles. The first-order valence-corrected chi connectivity index (χ1v) is 10.3. The summed E-state index contributed by atoms with van der Waals surface area (Å²) in [6, 6.07) is 17.2. The Bertz CT molecular complexity index is 949. The maximum Gasteiger partial charge on any atom is 0.274 e. The van der Waals surface area contributed by atoms with Gasteiger partial charge in [0.25, 0.3) is 5.91 Å². The predicted octanol–water partition coefficient (Wildman–Crippen LogP) is 4.62. The molecule has 7 heteroatoms. The Hall–Kier alpha value is -2.34. The molecular weight excluding hydrogens is 407 g/mol. The molecule has 4 rings (SSSR count). The number of halogens is 2. The van der Waals surface area contributed by atoms with Crippen LogP contribution < -0.4 is 0 Å². The number of carbonyl (C=O) groups excluding carboxylic acids is 1. The largest absolute Gasteiger partial charge is 0.336 e. The van der Waals surface area contributed by atoms with Crippen LogP contribution in [-0.4, -0.2) is 58.7 Å². The highest BCUT2D eigenvalue weighted by molar-refractivity contribution is 6.30. The number of likely N-dealkylation sites (N-methyl/N-ethyl adjacent to an activating group) is 1. The van der Waals surface area contributed by atoms with Crippen LogP contribution in [0.25, 0.3) is 16.9 Å². The number of likely N-dealkylation sites (tertiary alicyclic amines) is 1. The monoisotopic (exact) mass is 428 g/mol. The van der Waals surface area contributed by atoms with E-state index in [0.29, 0.717) is 21.8 Å². The van der Waals surface area contributed by atoms with Gasteiger partial charge < -0.3 is 9.80 Å². The quantitative estimate of drug-likeness (QED) is 0.608. The zero-order valence-electron chi connectivity index (χ0n) is 16.3. The molecule has 0 bridgehead atoms. The fourth-order valence-corrected chi connectivity index (χ4v) is 3.85. The summed E-state index contributed by atoms with van der Waals surface area (Å²) >= 11 is 12.1. The van der Waals surface area contributed by atoms with Crippen molar-refractivity contribution in [1.29, 1.82) is 0 Å². The highest BCUT2D eigenvalue weighted by atomic mass is 35.5. The highest BCUT2D eigenvalue weighted by Crippen LogP contribution is 2.27. The normalized spacial score (nSPS) is 16.6. The van der Waals surface area contributed by atoms with Gasteiger partial charge in [0.1, 0.15) is 0 Å². The zero-order chi connectivity index (χ0) is 20.5. The third kappa shape index (κ3) is 4.17. The molecule has 0 spiro atoms. The standard InChI is InChI=1S/C22H22Cl2N4O/c1-26(2)19-11-12-27(14-19)22(29)20-13-21(15-3-5-16(23)6-4-15)28(25-20)18-9-7-17(24)8-10-18/h3-10,13,19H,11-12,14H2,1-2H3. The van der Waals surface area contributed by atoms with Gasteiger partial charge in [0.05, 0.1) is 11.4 Å². The summed E-state index contributed by atoms with van der Waals surface area (Å²) in [7, 11) is 4.10. The third-order valence-corrected chi connectivity index (χ3v) is 5.82. The van der Waals surface area contributed by atoms with Crippen LogP contribution in [0.2, 0.25) is 10.0 Å². The van der Waals surface area contributed by atoms with Gasteiger partial charge in [-0.05, 0) is 63.0 Å². The Morgan fingerprint density at radius 1 is 1.03 bits per heavy atom. The molecule has 1 saturated heterocycles. The number of hydrogen-bond acceptors (Lipinski definition) is 3. The van der Waals surface area contributed by atoms with Crippen LogP contribution >= 0.6 is 23.2 Å².